The van der Waals surface area contributed by atoms with E-state index in [-0.39, 0.29) is 6.29 Å². The largest absolute Gasteiger partial charge is 0.353 e. The van der Waals surface area contributed by atoms with Gasteiger partial charge in [-0.1, -0.05) is 71.1 Å². The molecular weight excluding hydrogens is 259 g/mol. The molecule has 0 aromatic carbocycles. The highest BCUT2D eigenvalue weighted by atomic mass is 16.7. The third-order valence-electron chi connectivity index (χ3n) is 5.19. The summed E-state index contributed by atoms with van der Waals surface area (Å²) in [6.45, 7) is 16.2. The summed E-state index contributed by atoms with van der Waals surface area (Å²) < 4.78 is 11.4. The third kappa shape index (κ3) is 6.56. The Morgan fingerprint density at radius 3 is 2.14 bits per heavy atom. The van der Waals surface area contributed by atoms with Crippen molar-refractivity contribution in [1.82, 2.24) is 0 Å². The topological polar surface area (TPSA) is 18.5 Å². The Kier molecular flexibility index (Phi) is 8.66. The molecule has 0 spiro atoms. The number of rotatable bonds is 8. The first-order valence-corrected chi connectivity index (χ1v) is 8.83. The number of ether oxygens (including phenoxy) is 2. The van der Waals surface area contributed by atoms with Crippen LogP contribution in [0.2, 0.25) is 11.6 Å². The summed E-state index contributed by atoms with van der Waals surface area (Å²) in [6.07, 6.45) is 5.68. The summed E-state index contributed by atoms with van der Waals surface area (Å²) in [6, 6.07) is 0. The maximum absolute atomic E-state index is 5.80. The molecule has 1 fully saturated rings. The Hall–Kier alpha value is -0.275. The van der Waals surface area contributed by atoms with Gasteiger partial charge in [-0.3, -0.25) is 0 Å². The molecule has 2 nitrogen and oxygen atoms in total. The van der Waals surface area contributed by atoms with E-state index in [4.69, 9.17) is 9.47 Å². The Bertz CT molecular complexity index is 282. The monoisotopic (exact) mass is 294 g/mol. The molecule has 0 aliphatic carbocycles. The predicted molar refractivity (Wildman–Crippen MR) is 93.0 cm³/mol. The Balaban J connectivity index is 2.48. The minimum atomic E-state index is 0.0203. The second kappa shape index (κ2) is 9.68. The Morgan fingerprint density at radius 1 is 1.05 bits per heavy atom. The van der Waals surface area contributed by atoms with Gasteiger partial charge in [0.05, 0.1) is 6.61 Å². The van der Waals surface area contributed by atoms with E-state index in [1.807, 2.05) is 0 Å². The van der Waals surface area contributed by atoms with Crippen molar-refractivity contribution in [3.05, 3.63) is 12.1 Å². The zero-order valence-electron chi connectivity index (χ0n) is 15.0. The summed E-state index contributed by atoms with van der Waals surface area (Å²) >= 11 is 0. The second-order valence-corrected chi connectivity index (χ2v) is 7.34. The van der Waals surface area contributed by atoms with Gasteiger partial charge >= 0.3 is 0 Å². The second-order valence-electron chi connectivity index (χ2n) is 7.34. The van der Waals surface area contributed by atoms with Crippen LogP contribution in [0.1, 0.15) is 60.8 Å². The fourth-order valence-corrected chi connectivity index (χ4v) is 2.94. The summed E-state index contributed by atoms with van der Waals surface area (Å²) in [4.78, 5) is 0. The van der Waals surface area contributed by atoms with E-state index < -0.39 is 0 Å². The van der Waals surface area contributed by atoms with Crippen LogP contribution in [0.15, 0.2) is 12.1 Å². The maximum Gasteiger partial charge on any atom is 0.172 e. The van der Waals surface area contributed by atoms with Crippen molar-refractivity contribution in [1.29, 1.82) is 0 Å². The minimum Gasteiger partial charge on any atom is -0.353 e. The molecule has 3 atom stereocenters. The quantitative estimate of drug-likeness (QED) is 0.572. The van der Waals surface area contributed by atoms with E-state index in [1.165, 1.54) is 12.8 Å². The predicted octanol–water partition coefficient (Wildman–Crippen LogP) is 5.21. The fraction of sp³-hybridized carbons (Fsp3) is 0.889. The first-order chi connectivity index (χ1) is 9.93. The van der Waals surface area contributed by atoms with E-state index >= 15 is 0 Å². The lowest BCUT2D eigenvalue weighted by atomic mass is 9.31. The van der Waals surface area contributed by atoms with Crippen LogP contribution in [0.25, 0.3) is 0 Å². The molecule has 1 saturated heterocycles. The molecule has 3 unspecified atom stereocenters. The van der Waals surface area contributed by atoms with Gasteiger partial charge in [0.2, 0.25) is 0 Å². The van der Waals surface area contributed by atoms with Crippen LogP contribution in [0.5, 0.6) is 0 Å². The minimum absolute atomic E-state index is 0.0203. The van der Waals surface area contributed by atoms with E-state index in [2.05, 4.69) is 53.6 Å². The van der Waals surface area contributed by atoms with Crippen LogP contribution in [-0.4, -0.2) is 26.2 Å². The molecule has 0 aromatic rings. The molecule has 122 valence electrons. The van der Waals surface area contributed by atoms with E-state index in [0.29, 0.717) is 36.8 Å². The van der Waals surface area contributed by atoms with E-state index in [1.54, 1.807) is 0 Å². The van der Waals surface area contributed by atoms with Gasteiger partial charge < -0.3 is 9.47 Å². The van der Waals surface area contributed by atoms with Crippen molar-refractivity contribution in [3.8, 4) is 0 Å². The smallest absolute Gasteiger partial charge is 0.172 e. The van der Waals surface area contributed by atoms with Crippen molar-refractivity contribution in [2.24, 2.45) is 11.8 Å². The molecule has 3 heteroatoms. The molecular formula is C18H35BO2. The van der Waals surface area contributed by atoms with Gasteiger partial charge in [-0.05, 0) is 19.3 Å². The molecule has 0 bridgehead atoms. The zero-order valence-corrected chi connectivity index (χ0v) is 15.0. The molecule has 1 rings (SSSR count). The lowest BCUT2D eigenvalue weighted by Crippen LogP contribution is -2.28. The van der Waals surface area contributed by atoms with Crippen LogP contribution in [0, 0.1) is 11.8 Å². The van der Waals surface area contributed by atoms with Gasteiger partial charge in [-0.15, -0.1) is 5.98 Å². The average Bonchev–Trinajstić information content (AvgIpc) is 2.47. The molecule has 1 aliphatic rings. The molecule has 1 heterocycles. The van der Waals surface area contributed by atoms with Crippen molar-refractivity contribution < 1.29 is 9.47 Å². The lowest BCUT2D eigenvalue weighted by molar-refractivity contribution is -0.155. The van der Waals surface area contributed by atoms with Gasteiger partial charge in [0.25, 0.3) is 0 Å². The van der Waals surface area contributed by atoms with Crippen LogP contribution < -0.4 is 0 Å². The standard InChI is InChI=1S/C18H35BO2/c1-14(2)16(5)19(17(6)15(3)4)11-9-13-21-18-10-7-8-12-20-18/h9,11,14-18H,7-8,10,12-13H2,1-6H3/b11-9+. The third-order valence-corrected chi connectivity index (χ3v) is 5.19. The Morgan fingerprint density at radius 2 is 1.67 bits per heavy atom. The average molecular weight is 294 g/mol. The normalized spacial score (nSPS) is 23.0. The molecule has 0 amide bonds. The van der Waals surface area contributed by atoms with Gasteiger partial charge in [0.1, 0.15) is 0 Å². The summed E-state index contributed by atoms with van der Waals surface area (Å²) in [5.41, 5.74) is 0. The van der Waals surface area contributed by atoms with Crippen molar-refractivity contribution >= 4 is 6.71 Å². The molecule has 0 N–H and O–H groups in total. The van der Waals surface area contributed by atoms with E-state index in [0.717, 1.165) is 13.0 Å². The van der Waals surface area contributed by atoms with Crippen molar-refractivity contribution in [2.45, 2.75) is 78.7 Å². The van der Waals surface area contributed by atoms with E-state index in [9.17, 15) is 0 Å². The molecule has 0 radical (unpaired) electrons. The highest BCUT2D eigenvalue weighted by Crippen LogP contribution is 2.33. The zero-order chi connectivity index (χ0) is 15.8. The number of hydrogen-bond donors (Lipinski definition) is 0. The summed E-state index contributed by atoms with van der Waals surface area (Å²) in [5, 5.41) is 0. The van der Waals surface area contributed by atoms with Gasteiger partial charge in [-0.2, -0.15) is 0 Å². The lowest BCUT2D eigenvalue weighted by Gasteiger charge is -2.29. The highest BCUT2D eigenvalue weighted by molar-refractivity contribution is 6.67. The number of hydrogen-bond acceptors (Lipinski definition) is 2. The van der Waals surface area contributed by atoms with Crippen LogP contribution in [0.3, 0.4) is 0 Å². The first-order valence-electron chi connectivity index (χ1n) is 8.83. The highest BCUT2D eigenvalue weighted by Gasteiger charge is 2.28. The Labute approximate surface area is 132 Å². The molecule has 1 aliphatic heterocycles. The SMILES string of the molecule is CC(C)C(C)B(/C=C/COC1CCCCO1)C(C)C(C)C. The summed E-state index contributed by atoms with van der Waals surface area (Å²) in [7, 11) is 0. The molecule has 0 aromatic heterocycles. The summed E-state index contributed by atoms with van der Waals surface area (Å²) in [5.74, 6) is 5.21. The van der Waals surface area contributed by atoms with Crippen LogP contribution >= 0.6 is 0 Å². The van der Waals surface area contributed by atoms with Gasteiger partial charge in [0, 0.05) is 6.61 Å². The van der Waals surface area contributed by atoms with Crippen molar-refractivity contribution in [3.63, 3.8) is 0 Å². The van der Waals surface area contributed by atoms with Crippen LogP contribution in [-0.2, 0) is 9.47 Å². The molecule has 0 saturated carbocycles. The fourth-order valence-electron chi connectivity index (χ4n) is 2.94. The van der Waals surface area contributed by atoms with Gasteiger partial charge in [0.15, 0.2) is 13.0 Å². The van der Waals surface area contributed by atoms with Gasteiger partial charge in [-0.25, -0.2) is 0 Å². The van der Waals surface area contributed by atoms with Crippen LogP contribution in [0.4, 0.5) is 0 Å². The first kappa shape index (κ1) is 18.8. The molecule has 21 heavy (non-hydrogen) atoms. The van der Waals surface area contributed by atoms with Crippen molar-refractivity contribution in [2.75, 3.05) is 13.2 Å². The maximum atomic E-state index is 5.80.